The fourth-order valence-corrected chi connectivity index (χ4v) is 2.02. The van der Waals surface area contributed by atoms with Gasteiger partial charge in [-0.15, -0.1) is 0 Å². The Bertz CT molecular complexity index is 412. The first kappa shape index (κ1) is 15.6. The number of benzene rings is 1. The van der Waals surface area contributed by atoms with Crippen LogP contribution < -0.4 is 0 Å². The Kier molecular flexibility index (Phi) is 5.33. The summed E-state index contributed by atoms with van der Waals surface area (Å²) in [6.45, 7) is 0. The summed E-state index contributed by atoms with van der Waals surface area (Å²) < 4.78 is 37.4. The Hall–Kier alpha value is -0.430. The largest absolute Gasteiger partial charge is 0.417 e. The molecule has 0 saturated heterocycles. The maximum Gasteiger partial charge on any atom is 0.417 e. The van der Waals surface area contributed by atoms with Crippen LogP contribution in [0, 0.1) is 0 Å². The van der Waals surface area contributed by atoms with Crippen LogP contribution in [0.4, 0.5) is 13.2 Å². The Morgan fingerprint density at radius 1 is 1.28 bits per heavy atom. The van der Waals surface area contributed by atoms with Crippen molar-refractivity contribution in [2.75, 3.05) is 5.75 Å². The summed E-state index contributed by atoms with van der Waals surface area (Å²) in [6, 6.07) is 2.90. The maximum atomic E-state index is 12.5. The molecule has 1 aromatic carbocycles. The van der Waals surface area contributed by atoms with Gasteiger partial charge in [-0.1, -0.05) is 17.7 Å². The number of halogens is 4. The number of alkyl halides is 3. The van der Waals surface area contributed by atoms with E-state index >= 15 is 0 Å². The zero-order valence-electron chi connectivity index (χ0n) is 9.15. The standard InChI is InChI=1S/C11H12ClF3O2S/c12-8-5-6(10(17)9(16)3-4-18)1-2-7(8)11(13,14)15/h1-2,5,9-10,16-18H,3-4H2. The van der Waals surface area contributed by atoms with E-state index in [2.05, 4.69) is 12.6 Å². The summed E-state index contributed by atoms with van der Waals surface area (Å²) in [5.41, 5.74) is -0.828. The lowest BCUT2D eigenvalue weighted by Crippen LogP contribution is -2.19. The van der Waals surface area contributed by atoms with Crippen LogP contribution in [0.5, 0.6) is 0 Å². The van der Waals surface area contributed by atoms with Crippen LogP contribution in [0.15, 0.2) is 18.2 Å². The molecule has 0 aliphatic carbocycles. The average Bonchev–Trinajstić information content (AvgIpc) is 2.26. The first-order valence-electron chi connectivity index (χ1n) is 5.11. The van der Waals surface area contributed by atoms with Crippen molar-refractivity contribution in [1.29, 1.82) is 0 Å². The van der Waals surface area contributed by atoms with Crippen LogP contribution in [0.25, 0.3) is 0 Å². The third-order valence-electron chi connectivity index (χ3n) is 2.43. The topological polar surface area (TPSA) is 40.5 Å². The van der Waals surface area contributed by atoms with Gasteiger partial charge in [-0.25, -0.2) is 0 Å². The lowest BCUT2D eigenvalue weighted by molar-refractivity contribution is -0.137. The van der Waals surface area contributed by atoms with E-state index in [1.54, 1.807) is 0 Å². The second kappa shape index (κ2) is 6.14. The van der Waals surface area contributed by atoms with Gasteiger partial charge in [0.1, 0.15) is 6.10 Å². The molecule has 18 heavy (non-hydrogen) atoms. The molecule has 0 aromatic heterocycles. The predicted molar refractivity (Wildman–Crippen MR) is 65.9 cm³/mol. The second-order valence-electron chi connectivity index (χ2n) is 3.76. The molecule has 2 nitrogen and oxygen atoms in total. The van der Waals surface area contributed by atoms with E-state index in [1.165, 1.54) is 0 Å². The van der Waals surface area contributed by atoms with E-state index in [9.17, 15) is 23.4 Å². The summed E-state index contributed by atoms with van der Waals surface area (Å²) in [5, 5.41) is 18.7. The van der Waals surface area contributed by atoms with Crippen molar-refractivity contribution in [2.45, 2.75) is 24.8 Å². The molecule has 0 aliphatic rings. The molecular weight excluding hydrogens is 289 g/mol. The SMILES string of the molecule is OC(CCS)C(O)c1ccc(C(F)(F)F)c(Cl)c1. The number of aliphatic hydroxyl groups excluding tert-OH is 2. The maximum absolute atomic E-state index is 12.5. The molecule has 1 aromatic rings. The summed E-state index contributed by atoms with van der Waals surface area (Å²) in [6.07, 6.45) is -6.68. The summed E-state index contributed by atoms with van der Waals surface area (Å²) in [5.74, 6) is 0.354. The zero-order chi connectivity index (χ0) is 13.9. The fraction of sp³-hybridized carbons (Fsp3) is 0.455. The lowest BCUT2D eigenvalue weighted by atomic mass is 10.0. The van der Waals surface area contributed by atoms with E-state index in [4.69, 9.17) is 11.6 Å². The monoisotopic (exact) mass is 300 g/mol. The Labute approximate surface area is 113 Å². The van der Waals surface area contributed by atoms with Gasteiger partial charge >= 0.3 is 6.18 Å². The number of hydrogen-bond donors (Lipinski definition) is 3. The van der Waals surface area contributed by atoms with Gasteiger partial charge in [0.15, 0.2) is 0 Å². The van der Waals surface area contributed by atoms with E-state index in [0.717, 1.165) is 18.2 Å². The van der Waals surface area contributed by atoms with E-state index in [1.807, 2.05) is 0 Å². The number of thiol groups is 1. The number of rotatable bonds is 4. The highest BCUT2D eigenvalue weighted by Crippen LogP contribution is 2.36. The van der Waals surface area contributed by atoms with Crippen molar-refractivity contribution >= 4 is 24.2 Å². The molecule has 7 heteroatoms. The van der Waals surface area contributed by atoms with Gasteiger partial charge in [0, 0.05) is 0 Å². The Morgan fingerprint density at radius 2 is 1.89 bits per heavy atom. The van der Waals surface area contributed by atoms with Crippen LogP contribution in [0.1, 0.15) is 23.7 Å². The van der Waals surface area contributed by atoms with Crippen molar-refractivity contribution in [3.63, 3.8) is 0 Å². The van der Waals surface area contributed by atoms with E-state index in [-0.39, 0.29) is 12.0 Å². The van der Waals surface area contributed by atoms with Gasteiger partial charge in [0.05, 0.1) is 16.7 Å². The van der Waals surface area contributed by atoms with Crippen molar-refractivity contribution in [1.82, 2.24) is 0 Å². The molecule has 0 spiro atoms. The Morgan fingerprint density at radius 3 is 2.33 bits per heavy atom. The second-order valence-corrected chi connectivity index (χ2v) is 4.62. The van der Waals surface area contributed by atoms with Crippen molar-refractivity contribution in [3.8, 4) is 0 Å². The van der Waals surface area contributed by atoms with Gasteiger partial charge < -0.3 is 10.2 Å². The van der Waals surface area contributed by atoms with Crippen LogP contribution in [0.2, 0.25) is 5.02 Å². The van der Waals surface area contributed by atoms with Gasteiger partial charge in [0.25, 0.3) is 0 Å². The minimum atomic E-state index is -4.54. The van der Waals surface area contributed by atoms with E-state index in [0.29, 0.717) is 5.75 Å². The molecule has 0 heterocycles. The van der Waals surface area contributed by atoms with Gasteiger partial charge in [-0.05, 0) is 29.9 Å². The molecule has 2 N–H and O–H groups in total. The predicted octanol–water partition coefficient (Wildman–Crippen LogP) is 3.07. The smallest absolute Gasteiger partial charge is 0.390 e. The molecule has 0 radical (unpaired) electrons. The molecular formula is C11H12ClF3O2S. The molecule has 0 aliphatic heterocycles. The van der Waals surface area contributed by atoms with Crippen molar-refractivity contribution in [3.05, 3.63) is 34.3 Å². The molecule has 0 saturated carbocycles. The minimum Gasteiger partial charge on any atom is -0.390 e. The highest BCUT2D eigenvalue weighted by molar-refractivity contribution is 7.80. The normalized spacial score (nSPS) is 15.5. The molecule has 0 fully saturated rings. The zero-order valence-corrected chi connectivity index (χ0v) is 10.8. The fourth-order valence-electron chi connectivity index (χ4n) is 1.46. The summed E-state index contributed by atoms with van der Waals surface area (Å²) >= 11 is 9.41. The molecule has 2 unspecified atom stereocenters. The van der Waals surface area contributed by atoms with Crippen LogP contribution in [0.3, 0.4) is 0 Å². The number of hydrogen-bond acceptors (Lipinski definition) is 3. The van der Waals surface area contributed by atoms with Gasteiger partial charge in [-0.3, -0.25) is 0 Å². The summed E-state index contributed by atoms with van der Waals surface area (Å²) in [4.78, 5) is 0. The van der Waals surface area contributed by atoms with Crippen molar-refractivity contribution < 1.29 is 23.4 Å². The van der Waals surface area contributed by atoms with E-state index < -0.39 is 29.0 Å². The highest BCUT2D eigenvalue weighted by atomic mass is 35.5. The first-order chi connectivity index (χ1) is 8.27. The van der Waals surface area contributed by atoms with Gasteiger partial charge in [-0.2, -0.15) is 25.8 Å². The quantitative estimate of drug-likeness (QED) is 0.748. The highest BCUT2D eigenvalue weighted by Gasteiger charge is 2.33. The third-order valence-corrected chi connectivity index (χ3v) is 3.00. The van der Waals surface area contributed by atoms with Gasteiger partial charge in [0.2, 0.25) is 0 Å². The summed E-state index contributed by atoms with van der Waals surface area (Å²) in [7, 11) is 0. The molecule has 1 rings (SSSR count). The van der Waals surface area contributed by atoms with Crippen LogP contribution in [-0.2, 0) is 6.18 Å². The Balaban J connectivity index is 2.97. The lowest BCUT2D eigenvalue weighted by Gasteiger charge is -2.18. The molecule has 0 bridgehead atoms. The van der Waals surface area contributed by atoms with Crippen molar-refractivity contribution in [2.24, 2.45) is 0 Å². The molecule has 2 atom stereocenters. The third kappa shape index (κ3) is 3.78. The first-order valence-corrected chi connectivity index (χ1v) is 6.12. The number of aliphatic hydroxyl groups is 2. The average molecular weight is 301 g/mol. The minimum absolute atomic E-state index is 0.141. The molecule has 0 amide bonds. The van der Waals surface area contributed by atoms with Crippen LogP contribution in [-0.4, -0.2) is 22.1 Å². The van der Waals surface area contributed by atoms with Crippen LogP contribution >= 0.6 is 24.2 Å². The molecule has 102 valence electrons.